The van der Waals surface area contributed by atoms with Crippen LogP contribution in [0.25, 0.3) is 0 Å². The van der Waals surface area contributed by atoms with E-state index >= 15 is 0 Å². The van der Waals surface area contributed by atoms with Crippen LogP contribution in [0.2, 0.25) is 18.1 Å². The maximum absolute atomic E-state index is 10.9. The highest BCUT2D eigenvalue weighted by Gasteiger charge is 2.39. The molecule has 182 valence electrons. The summed E-state index contributed by atoms with van der Waals surface area (Å²) in [6.07, 6.45) is 0.623. The number of carbonyl (C=O) groups is 1. The van der Waals surface area contributed by atoms with Crippen molar-refractivity contribution in [2.24, 2.45) is 0 Å². The zero-order valence-corrected chi connectivity index (χ0v) is 21.7. The Hall–Kier alpha value is -2.19. The monoisotopic (exact) mass is 473 g/mol. The lowest BCUT2D eigenvalue weighted by atomic mass is 10.0. The van der Waals surface area contributed by atoms with E-state index in [1.807, 2.05) is 36.4 Å². The first-order valence-electron chi connectivity index (χ1n) is 11.5. The molecular weight excluding hydrogens is 434 g/mol. The van der Waals surface area contributed by atoms with Crippen molar-refractivity contribution in [3.63, 3.8) is 0 Å². The molecule has 7 heteroatoms. The molecule has 0 aliphatic heterocycles. The summed E-state index contributed by atoms with van der Waals surface area (Å²) in [5.41, 5.74) is 3.35. The fraction of sp³-hybridized carbons (Fsp3) is 0.500. The number of aliphatic hydroxyl groups is 1. The van der Waals surface area contributed by atoms with Crippen LogP contribution in [0.1, 0.15) is 56.1 Å². The lowest BCUT2D eigenvalue weighted by Gasteiger charge is -2.40. The zero-order chi connectivity index (χ0) is 24.8. The van der Waals surface area contributed by atoms with Crippen LogP contribution in [0.15, 0.2) is 42.5 Å². The van der Waals surface area contributed by atoms with Gasteiger partial charge in [0, 0.05) is 18.2 Å². The van der Waals surface area contributed by atoms with Gasteiger partial charge in [0.1, 0.15) is 5.75 Å². The van der Waals surface area contributed by atoms with Gasteiger partial charge in [-0.1, -0.05) is 51.1 Å². The number of rotatable bonds is 11. The second kappa shape index (κ2) is 11.3. The molecule has 0 fully saturated rings. The number of hydrogen-bond acceptors (Lipinski definition) is 5. The largest absolute Gasteiger partial charge is 0.508 e. The molecule has 4 N–H and O–H groups in total. The Morgan fingerprint density at radius 3 is 2.24 bits per heavy atom. The number of phenols is 1. The highest BCUT2D eigenvalue weighted by atomic mass is 28.4. The van der Waals surface area contributed by atoms with Crippen molar-refractivity contribution in [1.29, 1.82) is 0 Å². The zero-order valence-electron chi connectivity index (χ0n) is 20.7. The van der Waals surface area contributed by atoms with E-state index in [4.69, 9.17) is 9.53 Å². The van der Waals surface area contributed by atoms with Gasteiger partial charge < -0.3 is 25.1 Å². The molecule has 0 radical (unpaired) electrons. The summed E-state index contributed by atoms with van der Waals surface area (Å²) in [6.45, 7) is 13.5. The van der Waals surface area contributed by atoms with Gasteiger partial charge in [-0.05, 0) is 60.3 Å². The number of carboxylic acid groups (broad SMARTS) is 1. The van der Waals surface area contributed by atoms with Crippen LogP contribution >= 0.6 is 0 Å². The molecule has 0 saturated carbocycles. The number of hydrogen-bond donors (Lipinski definition) is 4. The quantitative estimate of drug-likeness (QED) is 0.350. The maximum Gasteiger partial charge on any atom is 0.307 e. The number of aliphatic carboxylic acids is 1. The van der Waals surface area contributed by atoms with Crippen LogP contribution in [0.3, 0.4) is 0 Å². The average Bonchev–Trinajstić information content (AvgIpc) is 2.71. The van der Waals surface area contributed by atoms with Crippen molar-refractivity contribution in [2.75, 3.05) is 6.54 Å². The molecule has 2 aromatic carbocycles. The molecule has 33 heavy (non-hydrogen) atoms. The maximum atomic E-state index is 10.9. The van der Waals surface area contributed by atoms with Crippen molar-refractivity contribution in [1.82, 2.24) is 5.32 Å². The van der Waals surface area contributed by atoms with Gasteiger partial charge in [0.05, 0.1) is 19.1 Å². The third-order valence-electron chi connectivity index (χ3n) is 6.46. The van der Waals surface area contributed by atoms with E-state index in [1.165, 1.54) is 0 Å². The Balaban J connectivity index is 2.13. The van der Waals surface area contributed by atoms with Crippen LogP contribution in [0.5, 0.6) is 5.75 Å². The number of nitrogens with one attached hydrogen (secondary N) is 1. The highest BCUT2D eigenvalue weighted by Crippen LogP contribution is 2.40. The molecule has 0 saturated heterocycles. The Labute approximate surface area is 198 Å². The van der Waals surface area contributed by atoms with Crippen LogP contribution < -0.4 is 5.32 Å². The summed E-state index contributed by atoms with van der Waals surface area (Å²) in [7, 11) is -2.07. The van der Waals surface area contributed by atoms with Gasteiger partial charge in [0.2, 0.25) is 0 Å². The van der Waals surface area contributed by atoms with Crippen molar-refractivity contribution in [2.45, 2.75) is 77.4 Å². The molecule has 0 heterocycles. The number of benzene rings is 2. The first-order valence-corrected chi connectivity index (χ1v) is 14.4. The molecule has 0 unspecified atom stereocenters. The summed E-state index contributed by atoms with van der Waals surface area (Å²) in [6, 6.07) is 13.2. The second-order valence-corrected chi connectivity index (χ2v) is 15.1. The Bertz CT molecular complexity index is 921. The molecule has 2 rings (SSSR count). The number of carboxylic acids is 1. The fourth-order valence-corrected chi connectivity index (χ4v) is 4.68. The van der Waals surface area contributed by atoms with E-state index in [-0.39, 0.29) is 36.0 Å². The third-order valence-corrected chi connectivity index (χ3v) is 10.9. The standard InChI is InChI=1S/C26H39NO5Si/c1-18(13-19-7-9-20(10-8-19)14-25(30)31)27-16-24(32-33(5,6)26(2,3)4)21-11-12-23(29)22(15-21)17-28/h7-12,15,18,24,27-29H,13-14,16-17H2,1-6H3,(H,30,31)/t18-,24+/m1/s1. The summed E-state index contributed by atoms with van der Waals surface area (Å²) < 4.78 is 6.74. The van der Waals surface area contributed by atoms with Crippen LogP contribution in [-0.4, -0.2) is 42.2 Å². The average molecular weight is 474 g/mol. The van der Waals surface area contributed by atoms with Gasteiger partial charge in [-0.25, -0.2) is 0 Å². The fourth-order valence-electron chi connectivity index (χ4n) is 3.39. The lowest BCUT2D eigenvalue weighted by Crippen LogP contribution is -2.44. The van der Waals surface area contributed by atoms with Gasteiger partial charge in [-0.15, -0.1) is 0 Å². The lowest BCUT2D eigenvalue weighted by molar-refractivity contribution is -0.136. The van der Waals surface area contributed by atoms with E-state index in [1.54, 1.807) is 6.07 Å². The molecule has 0 bridgehead atoms. The Morgan fingerprint density at radius 2 is 1.70 bits per heavy atom. The molecule has 0 aliphatic rings. The molecular formula is C26H39NO5Si. The van der Waals surface area contributed by atoms with E-state index in [0.29, 0.717) is 12.1 Å². The van der Waals surface area contributed by atoms with Gasteiger partial charge >= 0.3 is 5.97 Å². The molecule has 2 aromatic rings. The predicted octanol–water partition coefficient (Wildman–Crippen LogP) is 4.80. The molecule has 0 aliphatic carbocycles. The summed E-state index contributed by atoms with van der Waals surface area (Å²) in [4.78, 5) is 10.9. The summed E-state index contributed by atoms with van der Waals surface area (Å²) in [5.74, 6) is -0.746. The minimum absolute atomic E-state index is 0.0308. The second-order valence-electron chi connectivity index (χ2n) is 10.3. The molecule has 0 aromatic heterocycles. The van der Waals surface area contributed by atoms with Crippen LogP contribution in [0, 0.1) is 0 Å². The van der Waals surface area contributed by atoms with Gasteiger partial charge in [0.25, 0.3) is 0 Å². The molecule has 6 nitrogen and oxygen atoms in total. The van der Waals surface area contributed by atoms with Gasteiger partial charge in [-0.2, -0.15) is 0 Å². The highest BCUT2D eigenvalue weighted by molar-refractivity contribution is 6.74. The summed E-state index contributed by atoms with van der Waals surface area (Å²) >= 11 is 0. The van der Waals surface area contributed by atoms with Crippen molar-refractivity contribution < 1.29 is 24.5 Å². The molecule has 0 amide bonds. The smallest absolute Gasteiger partial charge is 0.307 e. The van der Waals surface area contributed by atoms with Crippen molar-refractivity contribution in [3.8, 4) is 5.75 Å². The van der Waals surface area contributed by atoms with E-state index in [2.05, 4.69) is 46.1 Å². The van der Waals surface area contributed by atoms with E-state index < -0.39 is 14.3 Å². The molecule has 2 atom stereocenters. The predicted molar refractivity (Wildman–Crippen MR) is 134 cm³/mol. The molecule has 0 spiro atoms. The van der Waals surface area contributed by atoms with Gasteiger partial charge in [-0.3, -0.25) is 4.79 Å². The Kier molecular flexibility index (Phi) is 9.26. The van der Waals surface area contributed by atoms with Crippen molar-refractivity contribution >= 4 is 14.3 Å². The third kappa shape index (κ3) is 7.96. The van der Waals surface area contributed by atoms with E-state index in [9.17, 15) is 15.0 Å². The first-order chi connectivity index (χ1) is 15.3. The number of aliphatic hydroxyl groups excluding tert-OH is 1. The first kappa shape index (κ1) is 27.1. The van der Waals surface area contributed by atoms with Gasteiger partial charge in [0.15, 0.2) is 8.32 Å². The SMILES string of the molecule is C[C@H](Cc1ccc(CC(=O)O)cc1)NC[C@H](O[Si](C)(C)C(C)(C)C)c1ccc(O)c(CO)c1. The van der Waals surface area contributed by atoms with Crippen molar-refractivity contribution in [3.05, 3.63) is 64.7 Å². The van der Waals surface area contributed by atoms with Crippen LogP contribution in [0.4, 0.5) is 0 Å². The number of aromatic hydroxyl groups is 1. The minimum atomic E-state index is -2.07. The summed E-state index contributed by atoms with van der Waals surface area (Å²) in [5, 5.41) is 32.1. The Morgan fingerprint density at radius 1 is 1.09 bits per heavy atom. The van der Waals surface area contributed by atoms with Crippen LogP contribution in [-0.2, 0) is 28.7 Å². The van der Waals surface area contributed by atoms with E-state index in [0.717, 1.165) is 23.1 Å². The topological polar surface area (TPSA) is 99.0 Å². The normalized spacial score (nSPS) is 14.2. The minimum Gasteiger partial charge on any atom is -0.508 e.